The first-order valence-electron chi connectivity index (χ1n) is 7.80. The van der Waals surface area contributed by atoms with Gasteiger partial charge < -0.3 is 9.84 Å². The van der Waals surface area contributed by atoms with Crippen LogP contribution in [0.1, 0.15) is 12.5 Å². The van der Waals surface area contributed by atoms with E-state index < -0.39 is 58.2 Å². The number of amides is 2. The van der Waals surface area contributed by atoms with Crippen LogP contribution in [0.25, 0.3) is 0 Å². The van der Waals surface area contributed by atoms with Crippen LogP contribution in [0, 0.1) is 11.8 Å². The fraction of sp³-hybridized carbons (Fsp3) is 0.412. The summed E-state index contributed by atoms with van der Waals surface area (Å²) in [6, 6.07) is 2.88. The van der Waals surface area contributed by atoms with Crippen LogP contribution in [0.3, 0.4) is 0 Å². The van der Waals surface area contributed by atoms with Crippen molar-refractivity contribution in [3.8, 4) is 0 Å². The third-order valence-corrected chi connectivity index (χ3v) is 5.65. The quantitative estimate of drug-likeness (QED) is 0.625. The van der Waals surface area contributed by atoms with Crippen LogP contribution in [-0.4, -0.2) is 34.7 Å². The molecule has 5 nitrogen and oxygen atoms in total. The molecule has 26 heavy (non-hydrogen) atoms. The van der Waals surface area contributed by atoms with Crippen molar-refractivity contribution >= 4 is 29.1 Å². The Balaban J connectivity index is 1.80. The fourth-order valence-electron chi connectivity index (χ4n) is 4.16. The van der Waals surface area contributed by atoms with Crippen molar-refractivity contribution in [1.82, 2.24) is 0 Å². The van der Waals surface area contributed by atoms with E-state index in [9.17, 15) is 27.9 Å². The lowest BCUT2D eigenvalue weighted by Gasteiger charge is -2.27. The van der Waals surface area contributed by atoms with Crippen LogP contribution in [0.4, 0.5) is 18.9 Å². The maximum absolute atomic E-state index is 13.1. The van der Waals surface area contributed by atoms with Gasteiger partial charge in [0.25, 0.3) is 0 Å². The number of fused-ring (bicyclic) bond motifs is 5. The van der Waals surface area contributed by atoms with Gasteiger partial charge in [-0.25, -0.2) is 4.90 Å². The summed E-state index contributed by atoms with van der Waals surface area (Å²) in [5.74, 6) is -3.24. The molecule has 0 spiro atoms. The van der Waals surface area contributed by atoms with Gasteiger partial charge in [-0.05, 0) is 25.1 Å². The van der Waals surface area contributed by atoms with E-state index in [4.69, 9.17) is 16.3 Å². The first-order chi connectivity index (χ1) is 12.0. The first-order valence-corrected chi connectivity index (χ1v) is 8.18. The van der Waals surface area contributed by atoms with Gasteiger partial charge in [-0.3, -0.25) is 9.59 Å². The van der Waals surface area contributed by atoms with Crippen LogP contribution >= 0.6 is 11.6 Å². The number of alkyl halides is 3. The van der Waals surface area contributed by atoms with E-state index in [1.165, 1.54) is 6.07 Å². The van der Waals surface area contributed by atoms with E-state index in [1.54, 1.807) is 19.1 Å². The summed E-state index contributed by atoms with van der Waals surface area (Å²) in [6.45, 7) is 1.10. The molecular formula is C17H13ClF3NO4. The number of aliphatic hydroxyl groups excluding tert-OH is 1. The molecule has 4 atom stereocenters. The van der Waals surface area contributed by atoms with Crippen molar-refractivity contribution in [2.24, 2.45) is 11.8 Å². The van der Waals surface area contributed by atoms with Crippen molar-refractivity contribution in [3.05, 3.63) is 40.9 Å². The Morgan fingerprint density at radius 1 is 1.23 bits per heavy atom. The van der Waals surface area contributed by atoms with Crippen molar-refractivity contribution in [3.63, 3.8) is 0 Å². The number of imide groups is 1. The zero-order valence-corrected chi connectivity index (χ0v) is 14.1. The number of hydrogen-bond donors (Lipinski definition) is 1. The molecule has 4 rings (SSSR count). The highest BCUT2D eigenvalue weighted by Gasteiger charge is 2.72. The molecule has 3 aliphatic heterocycles. The number of rotatable bonds is 2. The second-order valence-corrected chi connectivity index (χ2v) is 7.27. The van der Waals surface area contributed by atoms with Crippen molar-refractivity contribution in [2.75, 3.05) is 11.5 Å². The second kappa shape index (κ2) is 5.09. The van der Waals surface area contributed by atoms with Crippen molar-refractivity contribution < 1.29 is 32.6 Å². The first kappa shape index (κ1) is 17.5. The zero-order valence-electron chi connectivity index (χ0n) is 13.4. The Hall–Kier alpha value is -1.90. The predicted molar refractivity (Wildman–Crippen MR) is 84.4 cm³/mol. The Kier molecular flexibility index (Phi) is 3.43. The summed E-state index contributed by atoms with van der Waals surface area (Å²) >= 11 is 5.61. The molecule has 0 aliphatic carbocycles. The molecule has 3 aliphatic rings. The number of halogens is 4. The van der Waals surface area contributed by atoms with Gasteiger partial charge in [0.2, 0.25) is 11.8 Å². The molecule has 2 bridgehead atoms. The number of benzene rings is 1. The lowest BCUT2D eigenvalue weighted by atomic mass is 9.73. The summed E-state index contributed by atoms with van der Waals surface area (Å²) in [6.07, 6.45) is -1.56. The maximum atomic E-state index is 13.1. The Bertz CT molecular complexity index is 870. The van der Waals surface area contributed by atoms with Crippen LogP contribution in [0.2, 0.25) is 5.02 Å². The molecule has 1 aromatic carbocycles. The molecule has 0 saturated carbocycles. The molecule has 138 valence electrons. The lowest BCUT2D eigenvalue weighted by Crippen LogP contribution is -2.43. The third kappa shape index (κ3) is 2.06. The predicted octanol–water partition coefficient (Wildman–Crippen LogP) is 2.55. The highest BCUT2D eigenvalue weighted by atomic mass is 35.5. The minimum absolute atomic E-state index is 0.206. The number of ether oxygens (including phenoxy) is 1. The van der Waals surface area contributed by atoms with E-state index in [-0.39, 0.29) is 5.69 Å². The van der Waals surface area contributed by atoms with Gasteiger partial charge in [-0.15, -0.1) is 0 Å². The summed E-state index contributed by atoms with van der Waals surface area (Å²) in [4.78, 5) is 26.5. The molecule has 2 fully saturated rings. The van der Waals surface area contributed by atoms with Crippen LogP contribution < -0.4 is 4.90 Å². The van der Waals surface area contributed by atoms with Gasteiger partial charge in [-0.1, -0.05) is 23.8 Å². The number of carbonyl (C=O) groups excluding carboxylic acids is 2. The van der Waals surface area contributed by atoms with Gasteiger partial charge in [0.15, 0.2) is 0 Å². The summed E-state index contributed by atoms with van der Waals surface area (Å²) in [5.41, 5.74) is -3.76. The largest absolute Gasteiger partial charge is 0.417 e. The summed E-state index contributed by atoms with van der Waals surface area (Å²) in [5, 5.41) is 9.20. The van der Waals surface area contributed by atoms with Crippen molar-refractivity contribution in [2.45, 2.75) is 24.3 Å². The number of hydrogen-bond acceptors (Lipinski definition) is 4. The second-order valence-electron chi connectivity index (χ2n) is 6.86. The Morgan fingerprint density at radius 2 is 1.88 bits per heavy atom. The molecule has 0 aromatic heterocycles. The van der Waals surface area contributed by atoms with E-state index >= 15 is 0 Å². The van der Waals surface area contributed by atoms with E-state index in [0.717, 1.165) is 11.0 Å². The average molecular weight is 388 g/mol. The normalized spacial score (nSPS) is 35.5. The molecule has 2 amide bonds. The number of carbonyl (C=O) groups is 2. The molecule has 2 saturated heterocycles. The van der Waals surface area contributed by atoms with Crippen LogP contribution in [0.15, 0.2) is 30.4 Å². The number of anilines is 1. The molecule has 0 radical (unpaired) electrons. The fourth-order valence-corrected chi connectivity index (χ4v) is 4.39. The SMILES string of the molecule is C[C@@]12C=C[C@@](CO)(O1)[C@H]1C(=O)N(c3ccc(Cl)c(C(F)(F)F)c3)C(=O)[C@H]12. The molecule has 9 heteroatoms. The third-order valence-electron chi connectivity index (χ3n) is 5.32. The van der Waals surface area contributed by atoms with Gasteiger partial charge >= 0.3 is 6.18 Å². The Morgan fingerprint density at radius 3 is 2.50 bits per heavy atom. The zero-order chi connectivity index (χ0) is 19.1. The minimum atomic E-state index is -4.73. The molecule has 1 N–H and O–H groups in total. The highest BCUT2D eigenvalue weighted by Crippen LogP contribution is 2.57. The van der Waals surface area contributed by atoms with Gasteiger partial charge in [0.05, 0.1) is 40.3 Å². The van der Waals surface area contributed by atoms with Gasteiger partial charge in [-0.2, -0.15) is 13.2 Å². The van der Waals surface area contributed by atoms with E-state index in [2.05, 4.69) is 0 Å². The molecule has 3 heterocycles. The maximum Gasteiger partial charge on any atom is 0.417 e. The van der Waals surface area contributed by atoms with Crippen LogP contribution in [-0.2, 0) is 20.5 Å². The van der Waals surface area contributed by atoms with E-state index in [1.807, 2.05) is 0 Å². The average Bonchev–Trinajstić information content (AvgIpc) is 3.13. The molecule has 1 aromatic rings. The Labute approximate surface area is 151 Å². The summed E-state index contributed by atoms with van der Waals surface area (Å²) in [7, 11) is 0. The van der Waals surface area contributed by atoms with Gasteiger partial charge in [0.1, 0.15) is 5.60 Å². The number of nitrogens with zero attached hydrogens (tertiary/aromatic N) is 1. The minimum Gasteiger partial charge on any atom is -0.393 e. The molecular weight excluding hydrogens is 375 g/mol. The van der Waals surface area contributed by atoms with Crippen molar-refractivity contribution in [1.29, 1.82) is 0 Å². The summed E-state index contributed by atoms with van der Waals surface area (Å²) < 4.78 is 45.1. The smallest absolute Gasteiger partial charge is 0.393 e. The van der Waals surface area contributed by atoms with Crippen LogP contribution in [0.5, 0.6) is 0 Å². The van der Waals surface area contributed by atoms with Gasteiger partial charge in [0, 0.05) is 0 Å². The topological polar surface area (TPSA) is 66.8 Å². The lowest BCUT2D eigenvalue weighted by molar-refractivity contribution is -0.138. The standard InChI is InChI=1S/C17H13ClF3NO4/c1-15-4-5-16(7-23,26-15)12-11(15)13(24)22(14(12)25)8-2-3-10(18)9(6-8)17(19,20)21/h2-6,11-12,23H,7H2,1H3/t11-,12+,15-,16-/m0/s1. The highest BCUT2D eigenvalue weighted by molar-refractivity contribution is 6.31. The number of aliphatic hydroxyl groups is 1. The van der Waals surface area contributed by atoms with E-state index in [0.29, 0.717) is 6.07 Å². The monoisotopic (exact) mass is 387 g/mol. The molecule has 0 unspecified atom stereocenters.